The Hall–Kier alpha value is -2.21. The number of hydrogen-bond acceptors (Lipinski definition) is 3. The average Bonchev–Trinajstić information content (AvgIpc) is 2.84. The van der Waals surface area contributed by atoms with Gasteiger partial charge in [0.15, 0.2) is 0 Å². The normalized spacial score (nSPS) is 12.9. The SMILES string of the molecule is Cc1cc(C)n(-c2ccc(C(=O)NC(CCO)C(C)(C)C)cc2F)n1. The summed E-state index contributed by atoms with van der Waals surface area (Å²) in [5, 5.41) is 16.4. The fraction of sp³-hybridized carbons (Fsp3) is 0.474. The third kappa shape index (κ3) is 4.45. The van der Waals surface area contributed by atoms with Gasteiger partial charge >= 0.3 is 0 Å². The summed E-state index contributed by atoms with van der Waals surface area (Å²) in [6.45, 7) is 9.63. The van der Waals surface area contributed by atoms with E-state index in [1.165, 1.54) is 10.7 Å². The fourth-order valence-corrected chi connectivity index (χ4v) is 2.79. The van der Waals surface area contributed by atoms with Gasteiger partial charge < -0.3 is 10.4 Å². The van der Waals surface area contributed by atoms with Crippen LogP contribution in [0, 0.1) is 25.1 Å². The highest BCUT2D eigenvalue weighted by atomic mass is 19.1. The van der Waals surface area contributed by atoms with Crippen LogP contribution in [0.2, 0.25) is 0 Å². The Bertz CT molecular complexity index is 763. The lowest BCUT2D eigenvalue weighted by atomic mass is 9.84. The van der Waals surface area contributed by atoms with Crippen molar-refractivity contribution in [1.29, 1.82) is 0 Å². The fourth-order valence-electron chi connectivity index (χ4n) is 2.79. The quantitative estimate of drug-likeness (QED) is 0.873. The summed E-state index contributed by atoms with van der Waals surface area (Å²) in [5.41, 5.74) is 1.97. The van der Waals surface area contributed by atoms with Crippen LogP contribution < -0.4 is 5.32 Å². The highest BCUT2D eigenvalue weighted by Gasteiger charge is 2.26. The molecule has 1 heterocycles. The molecule has 0 saturated carbocycles. The van der Waals surface area contributed by atoms with Crippen molar-refractivity contribution in [1.82, 2.24) is 15.1 Å². The Morgan fingerprint density at radius 3 is 2.48 bits per heavy atom. The molecule has 5 nitrogen and oxygen atoms in total. The molecule has 1 amide bonds. The second-order valence-electron chi connectivity index (χ2n) is 7.41. The van der Waals surface area contributed by atoms with Crippen LogP contribution in [0.1, 0.15) is 48.9 Å². The van der Waals surface area contributed by atoms with Crippen molar-refractivity contribution in [3.05, 3.63) is 47.0 Å². The molecule has 1 aromatic carbocycles. The first-order valence-electron chi connectivity index (χ1n) is 8.38. The highest BCUT2D eigenvalue weighted by Crippen LogP contribution is 2.23. The Balaban J connectivity index is 2.25. The first-order chi connectivity index (χ1) is 11.6. The van der Waals surface area contributed by atoms with Crippen LogP contribution in [0.4, 0.5) is 4.39 Å². The lowest BCUT2D eigenvalue weighted by Gasteiger charge is -2.31. The van der Waals surface area contributed by atoms with Gasteiger partial charge in [0.25, 0.3) is 5.91 Å². The number of carbonyl (C=O) groups excluding carboxylic acids is 1. The van der Waals surface area contributed by atoms with Crippen molar-refractivity contribution >= 4 is 5.91 Å². The molecular formula is C19H26FN3O2. The van der Waals surface area contributed by atoms with Crippen molar-refractivity contribution in [2.24, 2.45) is 5.41 Å². The second kappa shape index (κ2) is 7.35. The predicted molar refractivity (Wildman–Crippen MR) is 95.4 cm³/mol. The van der Waals surface area contributed by atoms with Gasteiger partial charge in [-0.25, -0.2) is 9.07 Å². The molecule has 136 valence electrons. The summed E-state index contributed by atoms with van der Waals surface area (Å²) in [4.78, 5) is 12.5. The summed E-state index contributed by atoms with van der Waals surface area (Å²) in [6.07, 6.45) is 0.446. The van der Waals surface area contributed by atoms with Crippen molar-refractivity contribution < 1.29 is 14.3 Å². The van der Waals surface area contributed by atoms with E-state index in [4.69, 9.17) is 0 Å². The van der Waals surface area contributed by atoms with Crippen molar-refractivity contribution in [3.63, 3.8) is 0 Å². The molecule has 0 aliphatic rings. The van der Waals surface area contributed by atoms with Gasteiger partial charge in [-0.05, 0) is 49.9 Å². The third-order valence-corrected chi connectivity index (χ3v) is 4.22. The summed E-state index contributed by atoms with van der Waals surface area (Å²) < 4.78 is 16.0. The Morgan fingerprint density at radius 1 is 1.32 bits per heavy atom. The van der Waals surface area contributed by atoms with E-state index in [0.29, 0.717) is 12.1 Å². The minimum atomic E-state index is -0.506. The number of benzene rings is 1. The van der Waals surface area contributed by atoms with Crippen LogP contribution in [-0.4, -0.2) is 33.4 Å². The Labute approximate surface area is 147 Å². The number of aliphatic hydroxyl groups excluding tert-OH is 1. The van der Waals surface area contributed by atoms with Crippen LogP contribution in [0.5, 0.6) is 0 Å². The molecule has 2 N–H and O–H groups in total. The molecule has 0 bridgehead atoms. The second-order valence-corrected chi connectivity index (χ2v) is 7.41. The van der Waals surface area contributed by atoms with E-state index in [1.807, 2.05) is 40.7 Å². The van der Waals surface area contributed by atoms with Crippen LogP contribution in [0.3, 0.4) is 0 Å². The minimum Gasteiger partial charge on any atom is -0.396 e. The van der Waals surface area contributed by atoms with E-state index in [9.17, 15) is 14.3 Å². The topological polar surface area (TPSA) is 67.2 Å². The van der Waals surface area contributed by atoms with Gasteiger partial charge in [-0.15, -0.1) is 0 Å². The Kier molecular flexibility index (Phi) is 5.62. The van der Waals surface area contributed by atoms with Gasteiger partial charge in [-0.3, -0.25) is 4.79 Å². The molecule has 1 atom stereocenters. The number of aliphatic hydroxyl groups is 1. The minimum absolute atomic E-state index is 0.0204. The van der Waals surface area contributed by atoms with Crippen LogP contribution in [0.25, 0.3) is 5.69 Å². The molecule has 1 unspecified atom stereocenters. The lowest BCUT2D eigenvalue weighted by Crippen LogP contribution is -2.44. The van der Waals surface area contributed by atoms with Gasteiger partial charge in [-0.1, -0.05) is 20.8 Å². The van der Waals surface area contributed by atoms with Crippen LogP contribution in [-0.2, 0) is 0 Å². The molecule has 0 saturated heterocycles. The standard InChI is InChI=1S/C19H26FN3O2/c1-12-10-13(2)23(22-12)16-7-6-14(11-15(16)20)18(25)21-17(8-9-24)19(3,4)5/h6-7,10-11,17,24H,8-9H2,1-5H3,(H,21,25). The summed E-state index contributed by atoms with van der Waals surface area (Å²) in [7, 11) is 0. The molecule has 2 rings (SSSR count). The smallest absolute Gasteiger partial charge is 0.251 e. The number of aromatic nitrogens is 2. The zero-order valence-corrected chi connectivity index (χ0v) is 15.4. The zero-order valence-electron chi connectivity index (χ0n) is 15.4. The van der Waals surface area contributed by atoms with Crippen molar-refractivity contribution in [2.75, 3.05) is 6.61 Å². The first kappa shape index (κ1) is 19.1. The Morgan fingerprint density at radius 2 is 2.00 bits per heavy atom. The van der Waals surface area contributed by atoms with E-state index in [-0.39, 0.29) is 29.5 Å². The molecule has 2 aromatic rings. The molecule has 0 radical (unpaired) electrons. The summed E-state index contributed by atoms with van der Waals surface area (Å²) in [6, 6.07) is 6.02. The maximum atomic E-state index is 14.5. The van der Waals surface area contributed by atoms with Gasteiger partial charge in [0.1, 0.15) is 11.5 Å². The molecule has 0 spiro atoms. The number of amides is 1. The third-order valence-electron chi connectivity index (χ3n) is 4.22. The molecule has 25 heavy (non-hydrogen) atoms. The van der Waals surface area contributed by atoms with E-state index >= 15 is 0 Å². The molecule has 0 aliphatic carbocycles. The van der Waals surface area contributed by atoms with E-state index in [1.54, 1.807) is 12.1 Å². The number of nitrogens with zero attached hydrogens (tertiary/aromatic N) is 2. The van der Waals surface area contributed by atoms with Crippen molar-refractivity contribution in [3.8, 4) is 5.69 Å². The van der Waals surface area contributed by atoms with Crippen LogP contribution >= 0.6 is 0 Å². The number of halogens is 1. The largest absolute Gasteiger partial charge is 0.396 e. The van der Waals surface area contributed by atoms with Gasteiger partial charge in [-0.2, -0.15) is 5.10 Å². The maximum absolute atomic E-state index is 14.5. The molecule has 0 aliphatic heterocycles. The summed E-state index contributed by atoms with van der Waals surface area (Å²) >= 11 is 0. The van der Waals surface area contributed by atoms with Gasteiger partial charge in [0.05, 0.1) is 5.69 Å². The number of hydrogen-bond donors (Lipinski definition) is 2. The number of carbonyl (C=O) groups is 1. The molecular weight excluding hydrogens is 321 g/mol. The van der Waals surface area contributed by atoms with Gasteiger partial charge in [0, 0.05) is 23.9 Å². The van der Waals surface area contributed by atoms with Crippen LogP contribution in [0.15, 0.2) is 24.3 Å². The van der Waals surface area contributed by atoms with Gasteiger partial charge in [0.2, 0.25) is 0 Å². The summed E-state index contributed by atoms with van der Waals surface area (Å²) in [5.74, 6) is -0.861. The first-order valence-corrected chi connectivity index (χ1v) is 8.38. The van der Waals surface area contributed by atoms with E-state index in [0.717, 1.165) is 11.4 Å². The predicted octanol–water partition coefficient (Wildman–Crippen LogP) is 3.16. The molecule has 6 heteroatoms. The number of nitrogens with one attached hydrogen (secondary N) is 1. The number of aryl methyl sites for hydroxylation is 2. The number of rotatable bonds is 5. The van der Waals surface area contributed by atoms with E-state index in [2.05, 4.69) is 10.4 Å². The zero-order chi connectivity index (χ0) is 18.8. The monoisotopic (exact) mass is 347 g/mol. The molecule has 1 aromatic heterocycles. The average molecular weight is 347 g/mol. The van der Waals surface area contributed by atoms with E-state index < -0.39 is 5.82 Å². The lowest BCUT2D eigenvalue weighted by molar-refractivity contribution is 0.0884. The maximum Gasteiger partial charge on any atom is 0.251 e. The molecule has 0 fully saturated rings. The highest BCUT2D eigenvalue weighted by molar-refractivity contribution is 5.94. The van der Waals surface area contributed by atoms with Crippen molar-refractivity contribution in [2.45, 2.75) is 47.1 Å².